The van der Waals surface area contributed by atoms with Gasteiger partial charge in [0.05, 0.1) is 29.9 Å². The second-order valence-electron chi connectivity index (χ2n) is 5.55. The minimum Gasteiger partial charge on any atom is -0.493 e. The molecule has 0 aliphatic heterocycles. The fourth-order valence-corrected chi connectivity index (χ4v) is 2.59. The number of hydrogen-bond donors (Lipinski definition) is 0. The van der Waals surface area contributed by atoms with Crippen LogP contribution in [-0.4, -0.2) is 13.2 Å². The van der Waals surface area contributed by atoms with Gasteiger partial charge < -0.3 is 9.47 Å². The minimum atomic E-state index is 0.0246. The predicted octanol–water partition coefficient (Wildman–Crippen LogP) is 6.24. The lowest BCUT2D eigenvalue weighted by Crippen LogP contribution is -2.11. The van der Waals surface area contributed by atoms with Crippen molar-refractivity contribution in [2.45, 2.75) is 26.4 Å². The number of hydrogen-bond acceptors (Lipinski definition) is 3. The van der Waals surface area contributed by atoms with Gasteiger partial charge >= 0.3 is 0 Å². The lowest BCUT2D eigenvalue weighted by molar-refractivity contribution is 0.208. The van der Waals surface area contributed by atoms with E-state index in [0.717, 1.165) is 17.5 Å². The lowest BCUT2D eigenvalue weighted by Gasteiger charge is -2.17. The highest BCUT2D eigenvalue weighted by Gasteiger charge is 2.14. The molecule has 0 aromatic heterocycles. The molecular weight excluding hydrogens is 357 g/mol. The highest BCUT2D eigenvalue weighted by atomic mass is 35.5. The van der Waals surface area contributed by atoms with Crippen LogP contribution in [-0.2, 0) is 0 Å². The van der Waals surface area contributed by atoms with Crippen LogP contribution in [0.1, 0.15) is 31.4 Å². The molecule has 3 nitrogen and oxygen atoms in total. The van der Waals surface area contributed by atoms with E-state index in [0.29, 0.717) is 27.1 Å². The molecule has 0 radical (unpaired) electrons. The SMILES string of the molecule is CC[C@@H](C)Oc1c(Cl)cc(/C=C(/C#N)c2ccc(Cl)cc2)cc1OC. The van der Waals surface area contributed by atoms with Crippen LogP contribution in [0, 0.1) is 11.3 Å². The van der Waals surface area contributed by atoms with Crippen LogP contribution in [0.15, 0.2) is 36.4 Å². The summed E-state index contributed by atoms with van der Waals surface area (Å²) in [5, 5.41) is 10.5. The molecule has 1 atom stereocenters. The Labute approximate surface area is 158 Å². The van der Waals surface area contributed by atoms with Crippen molar-refractivity contribution < 1.29 is 9.47 Å². The molecule has 0 N–H and O–H groups in total. The summed E-state index contributed by atoms with van der Waals surface area (Å²) in [4.78, 5) is 0. The Morgan fingerprint density at radius 1 is 1.24 bits per heavy atom. The van der Waals surface area contributed by atoms with E-state index in [1.54, 1.807) is 49.6 Å². The third-order valence-electron chi connectivity index (χ3n) is 3.73. The van der Waals surface area contributed by atoms with Gasteiger partial charge in [-0.15, -0.1) is 0 Å². The monoisotopic (exact) mass is 375 g/mol. The molecule has 0 saturated carbocycles. The normalized spacial score (nSPS) is 12.4. The molecule has 0 saturated heterocycles. The van der Waals surface area contributed by atoms with Crippen LogP contribution in [0.2, 0.25) is 10.0 Å². The van der Waals surface area contributed by atoms with E-state index in [9.17, 15) is 5.26 Å². The van der Waals surface area contributed by atoms with Crippen molar-refractivity contribution in [1.82, 2.24) is 0 Å². The van der Waals surface area contributed by atoms with E-state index in [2.05, 4.69) is 6.07 Å². The molecule has 2 aromatic carbocycles. The van der Waals surface area contributed by atoms with Crippen LogP contribution < -0.4 is 9.47 Å². The molecule has 5 heteroatoms. The molecule has 130 valence electrons. The molecule has 2 rings (SSSR count). The number of nitriles is 1. The summed E-state index contributed by atoms with van der Waals surface area (Å²) in [5.74, 6) is 1.05. The van der Waals surface area contributed by atoms with Crippen LogP contribution in [0.4, 0.5) is 0 Å². The second kappa shape index (κ2) is 8.80. The Hall–Kier alpha value is -2.15. The first-order valence-corrected chi connectivity index (χ1v) is 8.66. The standard InChI is InChI=1S/C20H19Cl2NO2/c1-4-13(2)25-20-18(22)10-14(11-19(20)24-3)9-16(12-23)15-5-7-17(21)8-6-15/h5-11,13H,4H2,1-3H3/b16-9-/t13-/m1/s1. The Morgan fingerprint density at radius 3 is 2.48 bits per heavy atom. The first-order valence-electron chi connectivity index (χ1n) is 7.90. The molecule has 0 heterocycles. The molecular formula is C20H19Cl2NO2. The second-order valence-corrected chi connectivity index (χ2v) is 6.39. The molecule has 0 unspecified atom stereocenters. The topological polar surface area (TPSA) is 42.2 Å². The Balaban J connectivity index is 2.43. The van der Waals surface area contributed by atoms with Gasteiger partial charge in [0.25, 0.3) is 0 Å². The third-order valence-corrected chi connectivity index (χ3v) is 4.27. The molecule has 2 aromatic rings. The van der Waals surface area contributed by atoms with Crippen molar-refractivity contribution in [2.75, 3.05) is 7.11 Å². The zero-order valence-corrected chi connectivity index (χ0v) is 15.9. The zero-order valence-electron chi connectivity index (χ0n) is 14.3. The quantitative estimate of drug-likeness (QED) is 0.442. The first kappa shape index (κ1) is 19.2. The summed E-state index contributed by atoms with van der Waals surface area (Å²) in [5.41, 5.74) is 2.04. The fourth-order valence-electron chi connectivity index (χ4n) is 2.20. The molecule has 0 aliphatic rings. The van der Waals surface area contributed by atoms with Gasteiger partial charge in [0, 0.05) is 5.02 Å². The molecule has 0 aliphatic carbocycles. The summed E-state index contributed by atoms with van der Waals surface area (Å²) in [6.45, 7) is 4.01. The van der Waals surface area contributed by atoms with E-state index in [1.165, 1.54) is 0 Å². The smallest absolute Gasteiger partial charge is 0.180 e. The van der Waals surface area contributed by atoms with Gasteiger partial charge in [0.1, 0.15) is 0 Å². The number of nitrogens with zero attached hydrogens (tertiary/aromatic N) is 1. The molecule has 0 fully saturated rings. The summed E-state index contributed by atoms with van der Waals surface area (Å²) in [6, 6.07) is 12.9. The van der Waals surface area contributed by atoms with Gasteiger partial charge in [-0.3, -0.25) is 0 Å². The Bertz CT molecular complexity index is 808. The van der Waals surface area contributed by atoms with Gasteiger partial charge in [-0.2, -0.15) is 5.26 Å². The van der Waals surface area contributed by atoms with E-state index >= 15 is 0 Å². The highest BCUT2D eigenvalue weighted by Crippen LogP contribution is 2.38. The van der Waals surface area contributed by atoms with Gasteiger partial charge in [-0.05, 0) is 54.8 Å². The third kappa shape index (κ3) is 4.92. The Kier molecular flexibility index (Phi) is 6.75. The van der Waals surface area contributed by atoms with Crippen molar-refractivity contribution in [1.29, 1.82) is 5.26 Å². The fraction of sp³-hybridized carbons (Fsp3) is 0.250. The van der Waals surface area contributed by atoms with Crippen molar-refractivity contribution in [3.05, 3.63) is 57.6 Å². The van der Waals surface area contributed by atoms with E-state index in [-0.39, 0.29) is 6.10 Å². The molecule has 0 amide bonds. The first-order chi connectivity index (χ1) is 12.0. The number of rotatable bonds is 6. The van der Waals surface area contributed by atoms with Gasteiger partial charge in [0.15, 0.2) is 11.5 Å². The average Bonchev–Trinajstić information content (AvgIpc) is 2.62. The van der Waals surface area contributed by atoms with Crippen LogP contribution in [0.25, 0.3) is 11.6 Å². The Morgan fingerprint density at radius 2 is 1.92 bits per heavy atom. The summed E-state index contributed by atoms with van der Waals surface area (Å²) >= 11 is 12.3. The minimum absolute atomic E-state index is 0.0246. The summed E-state index contributed by atoms with van der Waals surface area (Å²) in [7, 11) is 1.56. The maximum absolute atomic E-state index is 9.47. The number of halogens is 2. The van der Waals surface area contributed by atoms with E-state index in [4.69, 9.17) is 32.7 Å². The largest absolute Gasteiger partial charge is 0.493 e. The van der Waals surface area contributed by atoms with Crippen LogP contribution in [0.5, 0.6) is 11.5 Å². The van der Waals surface area contributed by atoms with E-state index < -0.39 is 0 Å². The van der Waals surface area contributed by atoms with Crippen molar-refractivity contribution in [3.63, 3.8) is 0 Å². The van der Waals surface area contributed by atoms with Gasteiger partial charge in [-0.1, -0.05) is 42.3 Å². The van der Waals surface area contributed by atoms with Crippen LogP contribution in [0.3, 0.4) is 0 Å². The summed E-state index contributed by atoms with van der Waals surface area (Å²) in [6.07, 6.45) is 2.64. The average molecular weight is 376 g/mol. The van der Waals surface area contributed by atoms with Crippen molar-refractivity contribution >= 4 is 34.9 Å². The lowest BCUT2D eigenvalue weighted by atomic mass is 10.0. The van der Waals surface area contributed by atoms with Gasteiger partial charge in [0.2, 0.25) is 0 Å². The maximum atomic E-state index is 9.47. The van der Waals surface area contributed by atoms with Crippen molar-refractivity contribution in [3.8, 4) is 17.6 Å². The van der Waals surface area contributed by atoms with Crippen LogP contribution >= 0.6 is 23.2 Å². The number of benzene rings is 2. The van der Waals surface area contributed by atoms with Crippen molar-refractivity contribution in [2.24, 2.45) is 0 Å². The van der Waals surface area contributed by atoms with Gasteiger partial charge in [-0.25, -0.2) is 0 Å². The highest BCUT2D eigenvalue weighted by molar-refractivity contribution is 6.32. The number of ether oxygens (including phenoxy) is 2. The predicted molar refractivity (Wildman–Crippen MR) is 103 cm³/mol. The number of methoxy groups -OCH3 is 1. The van der Waals surface area contributed by atoms with E-state index in [1.807, 2.05) is 13.8 Å². The zero-order chi connectivity index (χ0) is 18.4. The maximum Gasteiger partial charge on any atom is 0.180 e. The molecule has 0 spiro atoms. The molecule has 25 heavy (non-hydrogen) atoms. The summed E-state index contributed by atoms with van der Waals surface area (Å²) < 4.78 is 11.3. The number of allylic oxidation sites excluding steroid dienone is 1. The molecule has 0 bridgehead atoms.